The minimum Gasteiger partial charge on any atom is -0.444 e. The Morgan fingerprint density at radius 1 is 0.700 bits per heavy atom. The maximum Gasteiger partial charge on any atom is 0.410 e. The first kappa shape index (κ1) is 38.6. The molecule has 10 nitrogen and oxygen atoms in total. The third-order valence-corrected chi connectivity index (χ3v) is 8.76. The van der Waals surface area contributed by atoms with Gasteiger partial charge in [0, 0.05) is 27.9 Å². The van der Waals surface area contributed by atoms with Crippen molar-refractivity contribution >= 4 is 58.0 Å². The van der Waals surface area contributed by atoms with E-state index in [1.165, 1.54) is 21.9 Å². The number of rotatable bonds is 5. The summed E-state index contributed by atoms with van der Waals surface area (Å²) in [5.74, 6) is -0.773. The van der Waals surface area contributed by atoms with Crippen molar-refractivity contribution < 1.29 is 33.0 Å². The van der Waals surface area contributed by atoms with Crippen LogP contribution in [0, 0.1) is 9.39 Å². The molecule has 3 aromatic carbocycles. The molecule has 2 saturated heterocycles. The van der Waals surface area contributed by atoms with Gasteiger partial charge in [0.25, 0.3) is 0 Å². The molecule has 0 unspecified atom stereocenters. The summed E-state index contributed by atoms with van der Waals surface area (Å²) in [6.45, 7) is 11.9. The Morgan fingerprint density at radius 2 is 1.18 bits per heavy atom. The monoisotopic (exact) mass is 800 g/mol. The molecule has 2 aliphatic heterocycles. The topological polar surface area (TPSA) is 117 Å². The lowest BCUT2D eigenvalue weighted by Gasteiger charge is -2.28. The van der Waals surface area contributed by atoms with Crippen LogP contribution in [0.1, 0.15) is 67.2 Å². The summed E-state index contributed by atoms with van der Waals surface area (Å²) in [6, 6.07) is 20.0. The number of nitrogens with zero attached hydrogens (tertiary/aromatic N) is 2. The Bertz CT molecular complexity index is 1690. The van der Waals surface area contributed by atoms with Gasteiger partial charge in [0.2, 0.25) is 11.8 Å². The van der Waals surface area contributed by atoms with Crippen molar-refractivity contribution in [3.05, 3.63) is 82.2 Å². The van der Waals surface area contributed by atoms with Gasteiger partial charge in [-0.15, -0.1) is 0 Å². The summed E-state index contributed by atoms with van der Waals surface area (Å²) in [5, 5.41) is 5.81. The molecule has 0 spiro atoms. The SMILES string of the molecule is CC(C)(C)OC(=O)N1CCC[C@H]1C(=O)Nc1ccccc1-c1cccc(F)c1.CC(C)(C)OC(=O)N1CCC[C@H]1C(=O)Nc1ccccc1I. The van der Waals surface area contributed by atoms with Gasteiger partial charge in [0.05, 0.1) is 5.69 Å². The number of carbonyl (C=O) groups excluding carboxylic acids is 4. The zero-order valence-electron chi connectivity index (χ0n) is 29.4. The molecule has 50 heavy (non-hydrogen) atoms. The Labute approximate surface area is 307 Å². The summed E-state index contributed by atoms with van der Waals surface area (Å²) in [7, 11) is 0. The quantitative estimate of drug-likeness (QED) is 0.250. The molecule has 4 amide bonds. The zero-order chi connectivity index (χ0) is 36.6. The van der Waals surface area contributed by atoms with Gasteiger partial charge in [-0.05, 0) is 126 Å². The smallest absolute Gasteiger partial charge is 0.410 e. The standard InChI is InChI=1S/C22H25FN2O3.C16H21IN2O3/c1-22(2,3)28-21(27)25-13-7-12-19(25)20(26)24-18-11-5-4-10-17(18)15-8-6-9-16(23)14-15;1-16(2,3)22-15(21)19-10-6-9-13(19)14(20)18-12-8-5-4-7-11(12)17/h4-6,8-11,14,19H,7,12-13H2,1-3H3,(H,24,26);4-5,7-8,13H,6,9-10H2,1-3H3,(H,18,20)/t19-;13-/m00/s1. The van der Waals surface area contributed by atoms with E-state index in [1.54, 1.807) is 45.0 Å². The van der Waals surface area contributed by atoms with E-state index in [0.29, 0.717) is 37.2 Å². The fourth-order valence-electron chi connectivity index (χ4n) is 5.65. The molecule has 2 heterocycles. The lowest BCUT2D eigenvalue weighted by molar-refractivity contribution is -0.121. The van der Waals surface area contributed by atoms with Crippen molar-refractivity contribution in [3.8, 4) is 11.1 Å². The van der Waals surface area contributed by atoms with Crippen molar-refractivity contribution in [2.24, 2.45) is 0 Å². The highest BCUT2D eigenvalue weighted by molar-refractivity contribution is 14.1. The summed E-state index contributed by atoms with van der Waals surface area (Å²) in [6.07, 6.45) is 1.88. The van der Waals surface area contributed by atoms with Crippen LogP contribution in [0.5, 0.6) is 0 Å². The molecule has 2 atom stereocenters. The van der Waals surface area contributed by atoms with Gasteiger partial charge in [-0.1, -0.05) is 42.5 Å². The van der Waals surface area contributed by atoms with E-state index in [4.69, 9.17) is 9.47 Å². The highest BCUT2D eigenvalue weighted by atomic mass is 127. The van der Waals surface area contributed by atoms with Crippen molar-refractivity contribution in [2.45, 2.75) is 90.5 Å². The van der Waals surface area contributed by atoms with Crippen LogP contribution in [0.25, 0.3) is 11.1 Å². The second-order valence-corrected chi connectivity index (χ2v) is 15.3. The molecule has 0 aliphatic carbocycles. The molecule has 5 rings (SSSR count). The van der Waals surface area contributed by atoms with E-state index < -0.39 is 35.5 Å². The number of carbonyl (C=O) groups is 4. The lowest BCUT2D eigenvalue weighted by atomic mass is 10.0. The summed E-state index contributed by atoms with van der Waals surface area (Å²) >= 11 is 2.17. The van der Waals surface area contributed by atoms with Crippen molar-refractivity contribution in [3.63, 3.8) is 0 Å². The van der Waals surface area contributed by atoms with Crippen LogP contribution in [-0.4, -0.2) is 70.2 Å². The summed E-state index contributed by atoms with van der Waals surface area (Å²) in [4.78, 5) is 53.0. The number of ether oxygens (including phenoxy) is 2. The lowest BCUT2D eigenvalue weighted by Crippen LogP contribution is -2.45. The number of likely N-dealkylation sites (tertiary alicyclic amines) is 2. The van der Waals surface area contributed by atoms with Crippen LogP contribution >= 0.6 is 22.6 Å². The van der Waals surface area contributed by atoms with Crippen LogP contribution in [0.15, 0.2) is 72.8 Å². The van der Waals surface area contributed by atoms with E-state index in [0.717, 1.165) is 27.7 Å². The number of halogens is 2. The van der Waals surface area contributed by atoms with Gasteiger partial charge >= 0.3 is 12.2 Å². The van der Waals surface area contributed by atoms with E-state index in [-0.39, 0.29) is 17.6 Å². The van der Waals surface area contributed by atoms with Gasteiger partial charge in [0.15, 0.2) is 0 Å². The normalized spacial score (nSPS) is 17.4. The van der Waals surface area contributed by atoms with Crippen LogP contribution in [0.2, 0.25) is 0 Å². The highest BCUT2D eigenvalue weighted by Gasteiger charge is 2.38. The van der Waals surface area contributed by atoms with Crippen molar-refractivity contribution in [2.75, 3.05) is 23.7 Å². The maximum absolute atomic E-state index is 13.6. The minimum absolute atomic E-state index is 0.160. The van der Waals surface area contributed by atoms with Crippen molar-refractivity contribution in [1.82, 2.24) is 9.80 Å². The van der Waals surface area contributed by atoms with E-state index in [1.807, 2.05) is 57.2 Å². The van der Waals surface area contributed by atoms with E-state index >= 15 is 0 Å². The molecule has 268 valence electrons. The highest BCUT2D eigenvalue weighted by Crippen LogP contribution is 2.30. The number of nitrogens with one attached hydrogen (secondary N) is 2. The predicted octanol–water partition coefficient (Wildman–Crippen LogP) is 8.46. The Kier molecular flexibility index (Phi) is 12.9. The summed E-state index contributed by atoms with van der Waals surface area (Å²) < 4.78 is 25.4. The number of amides is 4. The minimum atomic E-state index is -0.620. The second-order valence-electron chi connectivity index (χ2n) is 14.2. The zero-order valence-corrected chi connectivity index (χ0v) is 31.6. The van der Waals surface area contributed by atoms with Gasteiger partial charge in [-0.2, -0.15) is 0 Å². The number of hydrogen-bond donors (Lipinski definition) is 2. The fraction of sp³-hybridized carbons (Fsp3) is 0.421. The second kappa shape index (κ2) is 16.7. The van der Waals surface area contributed by atoms with Gasteiger partial charge in [0.1, 0.15) is 29.1 Å². The predicted molar refractivity (Wildman–Crippen MR) is 200 cm³/mol. The third kappa shape index (κ3) is 10.9. The first-order valence-corrected chi connectivity index (χ1v) is 17.8. The van der Waals surface area contributed by atoms with Crippen LogP contribution in [-0.2, 0) is 19.1 Å². The summed E-state index contributed by atoms with van der Waals surface area (Å²) in [5.41, 5.74) is 1.56. The molecule has 0 saturated carbocycles. The average Bonchev–Trinajstić information content (AvgIpc) is 3.72. The van der Waals surface area contributed by atoms with Gasteiger partial charge < -0.3 is 20.1 Å². The molecule has 0 bridgehead atoms. The Morgan fingerprint density at radius 3 is 1.68 bits per heavy atom. The van der Waals surface area contributed by atoms with Crippen LogP contribution in [0.4, 0.5) is 25.4 Å². The molecule has 3 aromatic rings. The van der Waals surface area contributed by atoms with Gasteiger partial charge in [-0.3, -0.25) is 19.4 Å². The number of benzene rings is 3. The Hall–Kier alpha value is -4.20. The molecule has 2 aliphatic rings. The maximum atomic E-state index is 13.6. The molecule has 0 aromatic heterocycles. The molecule has 0 radical (unpaired) electrons. The number of anilines is 2. The average molecular weight is 801 g/mol. The van der Waals surface area contributed by atoms with Crippen LogP contribution in [0.3, 0.4) is 0 Å². The molecule has 2 fully saturated rings. The fourth-order valence-corrected chi connectivity index (χ4v) is 6.17. The molecule has 2 N–H and O–H groups in total. The first-order valence-electron chi connectivity index (χ1n) is 16.7. The Balaban J connectivity index is 0.000000232. The van der Waals surface area contributed by atoms with Gasteiger partial charge in [-0.25, -0.2) is 14.0 Å². The molecule has 12 heteroatoms. The third-order valence-electron chi connectivity index (χ3n) is 7.82. The van der Waals surface area contributed by atoms with Crippen molar-refractivity contribution in [1.29, 1.82) is 0 Å². The largest absolute Gasteiger partial charge is 0.444 e. The van der Waals surface area contributed by atoms with E-state index in [2.05, 4.69) is 33.2 Å². The number of para-hydroxylation sites is 2. The van der Waals surface area contributed by atoms with E-state index in [9.17, 15) is 23.6 Å². The number of hydrogen-bond acceptors (Lipinski definition) is 6. The molecular formula is C38H46FIN4O6. The van der Waals surface area contributed by atoms with Crippen LogP contribution < -0.4 is 10.6 Å². The first-order chi connectivity index (χ1) is 23.5. The molecular weight excluding hydrogens is 754 g/mol.